The molecule has 0 aliphatic rings. The van der Waals surface area contributed by atoms with Crippen LogP contribution in [0.1, 0.15) is 38.3 Å². The molecule has 0 aromatic heterocycles. The first-order chi connectivity index (χ1) is 9.78. The van der Waals surface area contributed by atoms with Crippen molar-refractivity contribution in [2.45, 2.75) is 46.3 Å². The highest BCUT2D eigenvalue weighted by molar-refractivity contribution is 6.31. The van der Waals surface area contributed by atoms with Crippen LogP contribution in [-0.4, -0.2) is 24.8 Å². The second-order valence-electron chi connectivity index (χ2n) is 6.04. The number of nitrogens with one attached hydrogen (secondary N) is 2. The van der Waals surface area contributed by atoms with E-state index < -0.39 is 5.60 Å². The molecule has 1 aromatic rings. The third-order valence-corrected chi connectivity index (χ3v) is 3.17. The van der Waals surface area contributed by atoms with Crippen LogP contribution in [0.4, 0.5) is 4.79 Å². The number of benzene rings is 1. The Hall–Kier alpha value is -1.26. The molecule has 0 bridgehead atoms. The lowest BCUT2D eigenvalue weighted by Gasteiger charge is -2.19. The van der Waals surface area contributed by atoms with Crippen molar-refractivity contribution in [2.75, 3.05) is 13.1 Å². The van der Waals surface area contributed by atoms with Gasteiger partial charge >= 0.3 is 6.09 Å². The Balaban J connectivity index is 2.12. The Bertz CT molecular complexity index is 470. The lowest BCUT2D eigenvalue weighted by Crippen LogP contribution is -2.33. The third kappa shape index (κ3) is 7.93. The van der Waals surface area contributed by atoms with Crippen LogP contribution in [0.3, 0.4) is 0 Å². The molecule has 0 saturated heterocycles. The lowest BCUT2D eigenvalue weighted by atomic mass is 10.1. The lowest BCUT2D eigenvalue weighted by molar-refractivity contribution is 0.0527. The number of carbonyl (C=O) groups is 1. The molecule has 1 rings (SSSR count). The largest absolute Gasteiger partial charge is 0.444 e. The number of ether oxygens (including phenoxy) is 1. The maximum atomic E-state index is 11.4. The zero-order valence-corrected chi connectivity index (χ0v) is 14.0. The third-order valence-electron chi connectivity index (χ3n) is 2.76. The van der Waals surface area contributed by atoms with Crippen molar-refractivity contribution in [1.82, 2.24) is 10.6 Å². The van der Waals surface area contributed by atoms with Gasteiger partial charge in [0.2, 0.25) is 0 Å². The molecule has 1 aromatic carbocycles. The first-order valence-corrected chi connectivity index (χ1v) is 7.58. The van der Waals surface area contributed by atoms with Gasteiger partial charge in [-0.2, -0.15) is 0 Å². The molecular weight excluding hydrogens is 288 g/mol. The number of alkyl carbamates (subject to hydrolysis) is 1. The Morgan fingerprint density at radius 2 is 2.00 bits per heavy atom. The van der Waals surface area contributed by atoms with Crippen LogP contribution in [0.25, 0.3) is 0 Å². The molecule has 2 N–H and O–H groups in total. The Morgan fingerprint density at radius 3 is 2.62 bits per heavy atom. The van der Waals surface area contributed by atoms with Crippen molar-refractivity contribution in [3.63, 3.8) is 0 Å². The van der Waals surface area contributed by atoms with E-state index in [1.165, 1.54) is 0 Å². The highest BCUT2D eigenvalue weighted by Gasteiger charge is 2.15. The maximum absolute atomic E-state index is 11.4. The summed E-state index contributed by atoms with van der Waals surface area (Å²) in [5.74, 6) is 0. The summed E-state index contributed by atoms with van der Waals surface area (Å²) in [7, 11) is 0. The van der Waals surface area contributed by atoms with E-state index in [0.29, 0.717) is 6.54 Å². The van der Waals surface area contributed by atoms with E-state index in [1.807, 2.05) is 39.8 Å². The van der Waals surface area contributed by atoms with Gasteiger partial charge in [0, 0.05) is 18.1 Å². The normalized spacial score (nSPS) is 11.3. The van der Waals surface area contributed by atoms with E-state index in [4.69, 9.17) is 16.3 Å². The Kier molecular flexibility index (Phi) is 6.99. The van der Waals surface area contributed by atoms with Crippen LogP contribution in [0.5, 0.6) is 0 Å². The van der Waals surface area contributed by atoms with Crippen LogP contribution in [0.15, 0.2) is 18.2 Å². The summed E-state index contributed by atoms with van der Waals surface area (Å²) in [4.78, 5) is 11.4. The number of hydrogen-bond donors (Lipinski definition) is 2. The molecule has 21 heavy (non-hydrogen) atoms. The highest BCUT2D eigenvalue weighted by Crippen LogP contribution is 2.16. The molecule has 0 aliphatic heterocycles. The van der Waals surface area contributed by atoms with Gasteiger partial charge in [-0.15, -0.1) is 0 Å². The zero-order chi connectivity index (χ0) is 15.9. The molecule has 4 nitrogen and oxygen atoms in total. The molecule has 0 atom stereocenters. The minimum Gasteiger partial charge on any atom is -0.444 e. The summed E-state index contributed by atoms with van der Waals surface area (Å²) in [6, 6.07) is 6.05. The fourth-order valence-corrected chi connectivity index (χ4v) is 1.90. The number of rotatable bonds is 6. The van der Waals surface area contributed by atoms with Gasteiger partial charge in [-0.25, -0.2) is 4.79 Å². The number of halogens is 1. The molecule has 0 aliphatic carbocycles. The topological polar surface area (TPSA) is 50.4 Å². The van der Waals surface area contributed by atoms with Gasteiger partial charge in [-0.05, 0) is 57.9 Å². The minimum absolute atomic E-state index is 0.368. The number of aryl methyl sites for hydroxylation is 1. The molecule has 0 spiro atoms. The van der Waals surface area contributed by atoms with Crippen LogP contribution in [-0.2, 0) is 11.3 Å². The molecule has 0 fully saturated rings. The second kappa shape index (κ2) is 8.25. The van der Waals surface area contributed by atoms with Gasteiger partial charge in [0.15, 0.2) is 0 Å². The summed E-state index contributed by atoms with van der Waals surface area (Å²) < 4.78 is 5.15. The van der Waals surface area contributed by atoms with Crippen molar-refractivity contribution < 1.29 is 9.53 Å². The van der Waals surface area contributed by atoms with Crippen molar-refractivity contribution in [2.24, 2.45) is 0 Å². The van der Waals surface area contributed by atoms with Crippen molar-refractivity contribution >= 4 is 17.7 Å². The summed E-state index contributed by atoms with van der Waals surface area (Å²) in [6.45, 7) is 9.72. The van der Waals surface area contributed by atoms with E-state index in [2.05, 4.69) is 16.7 Å². The predicted molar refractivity (Wildman–Crippen MR) is 86.7 cm³/mol. The van der Waals surface area contributed by atoms with Gasteiger partial charge in [-0.1, -0.05) is 23.7 Å². The average molecular weight is 313 g/mol. The van der Waals surface area contributed by atoms with Crippen LogP contribution < -0.4 is 10.6 Å². The van der Waals surface area contributed by atoms with Gasteiger partial charge < -0.3 is 15.4 Å². The fourth-order valence-electron chi connectivity index (χ4n) is 1.70. The highest BCUT2D eigenvalue weighted by atomic mass is 35.5. The Morgan fingerprint density at radius 1 is 1.29 bits per heavy atom. The minimum atomic E-state index is -0.451. The number of amides is 1. The summed E-state index contributed by atoms with van der Waals surface area (Å²) in [6.07, 6.45) is 0.478. The number of hydrogen-bond acceptors (Lipinski definition) is 3. The average Bonchev–Trinajstić information content (AvgIpc) is 2.35. The van der Waals surface area contributed by atoms with Crippen molar-refractivity contribution in [1.29, 1.82) is 0 Å². The number of carbonyl (C=O) groups excluding carboxylic acids is 1. The first-order valence-electron chi connectivity index (χ1n) is 7.20. The van der Waals surface area contributed by atoms with E-state index >= 15 is 0 Å². The quantitative estimate of drug-likeness (QED) is 0.788. The maximum Gasteiger partial charge on any atom is 0.407 e. The SMILES string of the molecule is Cc1ccc(CNCCCNC(=O)OC(C)(C)C)cc1Cl. The molecule has 0 saturated carbocycles. The summed E-state index contributed by atoms with van der Waals surface area (Å²) in [5.41, 5.74) is 1.79. The monoisotopic (exact) mass is 312 g/mol. The predicted octanol–water partition coefficient (Wildman–Crippen LogP) is 3.65. The molecule has 5 heteroatoms. The van der Waals surface area contributed by atoms with E-state index in [-0.39, 0.29) is 6.09 Å². The van der Waals surface area contributed by atoms with Crippen LogP contribution in [0, 0.1) is 6.92 Å². The second-order valence-corrected chi connectivity index (χ2v) is 6.45. The molecule has 0 radical (unpaired) electrons. The molecule has 0 unspecified atom stereocenters. The summed E-state index contributed by atoms with van der Waals surface area (Å²) >= 11 is 6.07. The van der Waals surface area contributed by atoms with E-state index in [9.17, 15) is 4.79 Å². The van der Waals surface area contributed by atoms with Gasteiger partial charge in [0.05, 0.1) is 0 Å². The fraction of sp³-hybridized carbons (Fsp3) is 0.562. The first kappa shape index (κ1) is 17.8. The standard InChI is InChI=1S/C16H25ClN2O2/c1-12-6-7-13(10-14(12)17)11-18-8-5-9-19-15(20)21-16(2,3)4/h6-7,10,18H,5,8-9,11H2,1-4H3,(H,19,20). The van der Waals surface area contributed by atoms with Gasteiger partial charge in [-0.3, -0.25) is 0 Å². The van der Waals surface area contributed by atoms with Gasteiger partial charge in [0.1, 0.15) is 5.60 Å². The Labute approximate surface area is 132 Å². The van der Waals surface area contributed by atoms with Gasteiger partial charge in [0.25, 0.3) is 0 Å². The van der Waals surface area contributed by atoms with Crippen molar-refractivity contribution in [3.05, 3.63) is 34.3 Å². The van der Waals surface area contributed by atoms with E-state index in [0.717, 1.165) is 35.7 Å². The van der Waals surface area contributed by atoms with Crippen molar-refractivity contribution in [3.8, 4) is 0 Å². The molecule has 0 heterocycles. The van der Waals surface area contributed by atoms with Crippen LogP contribution >= 0.6 is 11.6 Å². The molecule has 118 valence electrons. The van der Waals surface area contributed by atoms with E-state index in [1.54, 1.807) is 0 Å². The molecule has 1 amide bonds. The van der Waals surface area contributed by atoms with Crippen LogP contribution in [0.2, 0.25) is 5.02 Å². The zero-order valence-electron chi connectivity index (χ0n) is 13.3. The summed E-state index contributed by atoms with van der Waals surface area (Å²) in [5, 5.41) is 6.84. The smallest absolute Gasteiger partial charge is 0.407 e. The molecular formula is C16H25ClN2O2.